The average molecular weight is 280 g/mol. The summed E-state index contributed by atoms with van der Waals surface area (Å²) in [5.74, 6) is 0.565. The summed E-state index contributed by atoms with van der Waals surface area (Å²) in [4.78, 5) is 0.295. The SMILES string of the molecule is NC(=S)c1ccnnc1Nc1ccc2ccccc2c1. The quantitative estimate of drug-likeness (QED) is 0.722. The fourth-order valence-corrected chi connectivity index (χ4v) is 2.19. The van der Waals surface area contributed by atoms with Crippen LogP contribution in [0, 0.1) is 0 Å². The van der Waals surface area contributed by atoms with Crippen molar-refractivity contribution >= 4 is 39.5 Å². The van der Waals surface area contributed by atoms with E-state index in [1.807, 2.05) is 24.3 Å². The van der Waals surface area contributed by atoms with Crippen molar-refractivity contribution in [3.63, 3.8) is 0 Å². The summed E-state index contributed by atoms with van der Waals surface area (Å²) in [5.41, 5.74) is 7.28. The summed E-state index contributed by atoms with van der Waals surface area (Å²) in [5, 5.41) is 13.4. The normalized spacial score (nSPS) is 10.4. The minimum absolute atomic E-state index is 0.295. The highest BCUT2D eigenvalue weighted by Crippen LogP contribution is 2.22. The Bertz CT molecular complexity index is 785. The number of anilines is 2. The molecule has 0 spiro atoms. The van der Waals surface area contributed by atoms with Crippen LogP contribution in [-0.2, 0) is 0 Å². The molecule has 20 heavy (non-hydrogen) atoms. The van der Waals surface area contributed by atoms with E-state index in [1.54, 1.807) is 12.3 Å². The van der Waals surface area contributed by atoms with Crippen LogP contribution in [0.1, 0.15) is 5.56 Å². The van der Waals surface area contributed by atoms with Crippen molar-refractivity contribution in [3.05, 3.63) is 60.3 Å². The fourth-order valence-electron chi connectivity index (χ4n) is 2.03. The number of hydrogen-bond acceptors (Lipinski definition) is 4. The van der Waals surface area contributed by atoms with Crippen molar-refractivity contribution in [3.8, 4) is 0 Å². The zero-order valence-corrected chi connectivity index (χ0v) is 11.4. The number of fused-ring (bicyclic) bond motifs is 1. The first kappa shape index (κ1) is 12.5. The van der Waals surface area contributed by atoms with Crippen molar-refractivity contribution in [2.45, 2.75) is 0 Å². The second-order valence-corrected chi connectivity index (χ2v) is 4.78. The van der Waals surface area contributed by atoms with E-state index in [0.29, 0.717) is 16.4 Å². The molecule has 0 amide bonds. The maximum Gasteiger partial charge on any atom is 0.163 e. The number of hydrogen-bond donors (Lipinski definition) is 2. The number of nitrogens with zero attached hydrogens (tertiary/aromatic N) is 2. The Kier molecular flexibility index (Phi) is 3.26. The number of rotatable bonds is 3. The topological polar surface area (TPSA) is 63.8 Å². The van der Waals surface area contributed by atoms with Gasteiger partial charge in [-0.15, -0.1) is 5.10 Å². The van der Waals surface area contributed by atoms with E-state index < -0.39 is 0 Å². The van der Waals surface area contributed by atoms with E-state index in [0.717, 1.165) is 11.1 Å². The maximum atomic E-state index is 5.68. The van der Waals surface area contributed by atoms with Crippen LogP contribution in [0.3, 0.4) is 0 Å². The van der Waals surface area contributed by atoms with Gasteiger partial charge >= 0.3 is 0 Å². The Morgan fingerprint density at radius 1 is 1.05 bits per heavy atom. The van der Waals surface area contributed by atoms with Crippen LogP contribution in [-0.4, -0.2) is 15.2 Å². The van der Waals surface area contributed by atoms with Crippen molar-refractivity contribution < 1.29 is 0 Å². The van der Waals surface area contributed by atoms with Gasteiger partial charge in [0.15, 0.2) is 5.82 Å². The van der Waals surface area contributed by atoms with E-state index in [4.69, 9.17) is 18.0 Å². The van der Waals surface area contributed by atoms with Gasteiger partial charge in [-0.2, -0.15) is 5.10 Å². The molecule has 4 nitrogen and oxygen atoms in total. The van der Waals surface area contributed by atoms with Crippen LogP contribution in [0.15, 0.2) is 54.7 Å². The summed E-state index contributed by atoms with van der Waals surface area (Å²) >= 11 is 5.01. The van der Waals surface area contributed by atoms with Gasteiger partial charge in [0.1, 0.15) is 4.99 Å². The molecule has 2 aromatic carbocycles. The molecule has 1 aromatic heterocycles. The predicted molar refractivity (Wildman–Crippen MR) is 85.2 cm³/mol. The van der Waals surface area contributed by atoms with Crippen molar-refractivity contribution in [2.75, 3.05) is 5.32 Å². The Morgan fingerprint density at radius 2 is 1.85 bits per heavy atom. The van der Waals surface area contributed by atoms with Crippen LogP contribution >= 0.6 is 12.2 Å². The lowest BCUT2D eigenvalue weighted by Crippen LogP contribution is -2.13. The van der Waals surface area contributed by atoms with Gasteiger partial charge in [-0.25, -0.2) is 0 Å². The van der Waals surface area contributed by atoms with Crippen molar-refractivity contribution in [2.24, 2.45) is 5.73 Å². The number of nitrogens with two attached hydrogens (primary N) is 1. The lowest BCUT2D eigenvalue weighted by molar-refractivity contribution is 1.03. The van der Waals surface area contributed by atoms with E-state index >= 15 is 0 Å². The molecule has 0 saturated carbocycles. The maximum absolute atomic E-state index is 5.68. The van der Waals surface area contributed by atoms with Gasteiger partial charge in [0.05, 0.1) is 11.8 Å². The highest BCUT2D eigenvalue weighted by molar-refractivity contribution is 7.80. The molecule has 3 N–H and O–H groups in total. The number of thiocarbonyl (C=S) groups is 1. The summed E-state index contributed by atoms with van der Waals surface area (Å²) in [6, 6.07) is 16.0. The molecule has 0 radical (unpaired) electrons. The molecule has 0 aliphatic carbocycles. The highest BCUT2D eigenvalue weighted by atomic mass is 32.1. The molecule has 98 valence electrons. The minimum atomic E-state index is 0.295. The molecular weight excluding hydrogens is 268 g/mol. The summed E-state index contributed by atoms with van der Waals surface area (Å²) in [6.07, 6.45) is 1.57. The average Bonchev–Trinajstić information content (AvgIpc) is 2.47. The molecule has 1 heterocycles. The van der Waals surface area contributed by atoms with E-state index in [-0.39, 0.29) is 0 Å². The first-order chi connectivity index (χ1) is 9.74. The van der Waals surface area contributed by atoms with Crippen molar-refractivity contribution in [1.29, 1.82) is 0 Å². The summed E-state index contributed by atoms with van der Waals surface area (Å²) < 4.78 is 0. The first-order valence-electron chi connectivity index (χ1n) is 6.11. The number of nitrogens with one attached hydrogen (secondary N) is 1. The van der Waals surface area contributed by atoms with Crippen LogP contribution in [0.5, 0.6) is 0 Å². The Morgan fingerprint density at radius 3 is 2.65 bits per heavy atom. The summed E-state index contributed by atoms with van der Waals surface area (Å²) in [7, 11) is 0. The van der Waals surface area contributed by atoms with Gasteiger partial charge in [0.2, 0.25) is 0 Å². The molecule has 0 aliphatic rings. The number of aromatic nitrogens is 2. The molecule has 3 aromatic rings. The molecule has 0 bridgehead atoms. The zero-order chi connectivity index (χ0) is 13.9. The third-order valence-corrected chi connectivity index (χ3v) is 3.22. The lowest BCUT2D eigenvalue weighted by Gasteiger charge is -2.09. The van der Waals surface area contributed by atoms with E-state index in [9.17, 15) is 0 Å². The standard InChI is InChI=1S/C15H12N4S/c16-14(20)13-7-8-17-19-15(13)18-12-6-5-10-3-1-2-4-11(10)9-12/h1-9H,(H2,16,20)(H,18,19). The Labute approximate surface area is 121 Å². The molecule has 0 aliphatic heterocycles. The second-order valence-electron chi connectivity index (χ2n) is 4.34. The van der Waals surface area contributed by atoms with Gasteiger partial charge in [-0.3, -0.25) is 0 Å². The van der Waals surface area contributed by atoms with E-state index in [2.05, 4.69) is 33.7 Å². The molecule has 5 heteroatoms. The minimum Gasteiger partial charge on any atom is -0.389 e. The third-order valence-electron chi connectivity index (χ3n) is 3.00. The molecular formula is C15H12N4S. The molecule has 0 saturated heterocycles. The Balaban J connectivity index is 1.99. The number of benzene rings is 2. The second kappa shape index (κ2) is 5.22. The lowest BCUT2D eigenvalue weighted by atomic mass is 10.1. The molecule has 0 fully saturated rings. The monoisotopic (exact) mass is 280 g/mol. The van der Waals surface area contributed by atoms with Gasteiger partial charge < -0.3 is 11.1 Å². The largest absolute Gasteiger partial charge is 0.389 e. The van der Waals surface area contributed by atoms with Crippen molar-refractivity contribution in [1.82, 2.24) is 10.2 Å². The molecule has 0 atom stereocenters. The van der Waals surface area contributed by atoms with E-state index in [1.165, 1.54) is 5.39 Å². The van der Waals surface area contributed by atoms with Crippen LogP contribution in [0.2, 0.25) is 0 Å². The van der Waals surface area contributed by atoms with Gasteiger partial charge in [-0.1, -0.05) is 42.5 Å². The third kappa shape index (κ3) is 2.44. The van der Waals surface area contributed by atoms with Gasteiger partial charge in [-0.05, 0) is 29.0 Å². The fraction of sp³-hybridized carbons (Fsp3) is 0. The highest BCUT2D eigenvalue weighted by Gasteiger charge is 2.07. The summed E-state index contributed by atoms with van der Waals surface area (Å²) in [6.45, 7) is 0. The van der Waals surface area contributed by atoms with Crippen LogP contribution in [0.4, 0.5) is 11.5 Å². The predicted octanol–water partition coefficient (Wildman–Crippen LogP) is 3.01. The molecule has 3 rings (SSSR count). The molecule has 0 unspecified atom stereocenters. The van der Waals surface area contributed by atoms with Crippen LogP contribution in [0.25, 0.3) is 10.8 Å². The van der Waals surface area contributed by atoms with Crippen LogP contribution < -0.4 is 11.1 Å². The Hall–Kier alpha value is -2.53. The first-order valence-corrected chi connectivity index (χ1v) is 6.52. The smallest absolute Gasteiger partial charge is 0.163 e. The van der Waals surface area contributed by atoms with Gasteiger partial charge in [0.25, 0.3) is 0 Å². The van der Waals surface area contributed by atoms with Gasteiger partial charge in [0, 0.05) is 5.69 Å². The zero-order valence-electron chi connectivity index (χ0n) is 10.6.